The molecule has 2 aromatic heterocycles. The van der Waals surface area contributed by atoms with Crippen molar-refractivity contribution in [2.24, 2.45) is 0 Å². The highest BCUT2D eigenvalue weighted by Gasteiger charge is 2.20. The zero-order chi connectivity index (χ0) is 21.8. The predicted molar refractivity (Wildman–Crippen MR) is 136 cm³/mol. The molecule has 4 heteroatoms. The monoisotopic (exact) mass is 440 g/mol. The highest BCUT2D eigenvalue weighted by Crippen LogP contribution is 2.38. The molecule has 0 saturated heterocycles. The summed E-state index contributed by atoms with van der Waals surface area (Å²) >= 11 is 6.68. The van der Waals surface area contributed by atoms with E-state index in [1.165, 1.54) is 32.0 Å². The van der Waals surface area contributed by atoms with Crippen LogP contribution in [0.5, 0.6) is 0 Å². The van der Waals surface area contributed by atoms with Gasteiger partial charge in [-0.15, -0.1) is 24.0 Å². The molecule has 5 aromatic rings. The number of benzene rings is 3. The van der Waals surface area contributed by atoms with Gasteiger partial charge in [-0.2, -0.15) is 0 Å². The van der Waals surface area contributed by atoms with E-state index in [4.69, 9.17) is 12.6 Å². The van der Waals surface area contributed by atoms with E-state index in [-0.39, 0.29) is 5.41 Å². The first-order valence-electron chi connectivity index (χ1n) is 10.4. The van der Waals surface area contributed by atoms with Crippen molar-refractivity contribution in [2.45, 2.75) is 38.0 Å². The lowest BCUT2D eigenvalue weighted by Crippen LogP contribution is -2.12. The van der Waals surface area contributed by atoms with E-state index in [1.807, 2.05) is 0 Å². The molecule has 0 N–H and O–H groups in total. The quantitative estimate of drug-likeness (QED) is 0.281. The smallest absolute Gasteiger partial charge is 0.116 e. The summed E-state index contributed by atoms with van der Waals surface area (Å²) in [5, 5.41) is 6.00. The molecule has 0 aliphatic heterocycles. The first kappa shape index (κ1) is 20.2. The van der Waals surface area contributed by atoms with E-state index in [2.05, 4.69) is 97.6 Å². The van der Waals surface area contributed by atoms with Crippen molar-refractivity contribution in [3.05, 3.63) is 77.4 Å². The molecule has 0 unspecified atom stereocenters. The topological polar surface area (TPSA) is 25.8 Å². The molecular formula is C27H24N2S2. The second-order valence-corrected chi connectivity index (χ2v) is 10.4. The van der Waals surface area contributed by atoms with Crippen LogP contribution in [0.4, 0.5) is 0 Å². The molecule has 0 aliphatic carbocycles. The molecular weight excluding hydrogens is 416 g/mol. The summed E-state index contributed by atoms with van der Waals surface area (Å²) in [6.07, 6.45) is 1.65. The zero-order valence-corrected chi connectivity index (χ0v) is 19.8. The van der Waals surface area contributed by atoms with Crippen LogP contribution in [-0.4, -0.2) is 9.97 Å². The van der Waals surface area contributed by atoms with E-state index in [0.717, 1.165) is 27.4 Å². The van der Waals surface area contributed by atoms with E-state index < -0.39 is 0 Å². The Kier molecular flexibility index (Phi) is 4.87. The van der Waals surface area contributed by atoms with Gasteiger partial charge in [-0.1, -0.05) is 57.2 Å². The molecule has 0 saturated carbocycles. The van der Waals surface area contributed by atoms with Crippen LogP contribution in [0.2, 0.25) is 0 Å². The van der Waals surface area contributed by atoms with Gasteiger partial charge in [0.2, 0.25) is 0 Å². The fourth-order valence-electron chi connectivity index (χ4n) is 4.18. The van der Waals surface area contributed by atoms with Crippen molar-refractivity contribution in [1.29, 1.82) is 0 Å². The second-order valence-electron chi connectivity index (χ2n) is 9.04. The summed E-state index contributed by atoms with van der Waals surface area (Å²) in [7, 11) is 0. The first-order valence-corrected chi connectivity index (χ1v) is 11.7. The Morgan fingerprint density at radius 3 is 2.35 bits per heavy atom. The molecule has 3 aromatic carbocycles. The molecule has 0 atom stereocenters. The molecule has 0 radical (unpaired) electrons. The van der Waals surface area contributed by atoms with Crippen LogP contribution in [-0.2, 0) is 5.41 Å². The Balaban J connectivity index is 1.71. The summed E-state index contributed by atoms with van der Waals surface area (Å²) in [5.74, 6) is 0. The van der Waals surface area contributed by atoms with Gasteiger partial charge in [0, 0.05) is 15.8 Å². The summed E-state index contributed by atoms with van der Waals surface area (Å²) in [5.41, 5.74) is 6.52. The molecule has 2 nitrogen and oxygen atoms in total. The summed E-state index contributed by atoms with van der Waals surface area (Å²) in [6.45, 7) is 8.91. The summed E-state index contributed by atoms with van der Waals surface area (Å²) in [4.78, 5) is 10.1. The maximum atomic E-state index is 4.91. The van der Waals surface area contributed by atoms with Gasteiger partial charge >= 0.3 is 0 Å². The van der Waals surface area contributed by atoms with Crippen LogP contribution < -0.4 is 0 Å². The fraction of sp³-hybridized carbons (Fsp3) is 0.185. The Morgan fingerprint density at radius 1 is 0.839 bits per heavy atom. The van der Waals surface area contributed by atoms with Gasteiger partial charge < -0.3 is 0 Å². The van der Waals surface area contributed by atoms with Gasteiger partial charge in [-0.3, -0.25) is 0 Å². The number of hydrogen-bond acceptors (Lipinski definition) is 4. The molecule has 0 bridgehead atoms. The van der Waals surface area contributed by atoms with Crippen LogP contribution in [0.15, 0.2) is 71.2 Å². The van der Waals surface area contributed by atoms with Gasteiger partial charge in [0.05, 0.1) is 16.3 Å². The number of rotatable bonds is 2. The normalized spacial score (nSPS) is 12.0. The van der Waals surface area contributed by atoms with Crippen LogP contribution in [0.25, 0.3) is 43.4 Å². The maximum absolute atomic E-state index is 4.91. The van der Waals surface area contributed by atoms with Gasteiger partial charge in [0.15, 0.2) is 0 Å². The van der Waals surface area contributed by atoms with Crippen molar-refractivity contribution in [2.75, 3.05) is 0 Å². The molecule has 0 aliphatic rings. The van der Waals surface area contributed by atoms with Crippen molar-refractivity contribution in [3.8, 4) is 22.5 Å². The lowest BCUT2D eigenvalue weighted by Gasteiger charge is -2.23. The predicted octanol–water partition coefficient (Wildman–Crippen LogP) is 8.07. The molecule has 5 rings (SSSR count). The Bertz CT molecular complexity index is 1440. The number of thiol groups is 1. The Morgan fingerprint density at radius 2 is 1.58 bits per heavy atom. The molecule has 0 amide bonds. The van der Waals surface area contributed by atoms with Crippen molar-refractivity contribution in [3.63, 3.8) is 0 Å². The largest absolute Gasteiger partial charge is 0.235 e. The third-order valence-electron chi connectivity index (χ3n) is 5.81. The number of aryl methyl sites for hydroxylation is 1. The summed E-state index contributed by atoms with van der Waals surface area (Å²) in [6, 6.07) is 19.6. The number of nitrogens with zero attached hydrogens (tertiary/aromatic N) is 2. The lowest BCUT2D eigenvalue weighted by atomic mass is 9.82. The zero-order valence-electron chi connectivity index (χ0n) is 18.1. The Hall–Kier alpha value is -2.69. The highest BCUT2D eigenvalue weighted by molar-refractivity contribution is 7.80. The minimum atomic E-state index is 0.0182. The standard InChI is InChI=1S/C27H24N2S2/c1-16-14-31-23-13-18(9-10-20(16)23)24-26(30)25(29-15-28-24)19-11-17-7-5-6-8-21(17)22(12-19)27(2,3)4/h5-15,30H,1-4H3. The Labute approximate surface area is 192 Å². The van der Waals surface area contributed by atoms with E-state index >= 15 is 0 Å². The highest BCUT2D eigenvalue weighted by atomic mass is 32.1. The molecule has 0 fully saturated rings. The number of hydrogen-bond donors (Lipinski definition) is 1. The van der Waals surface area contributed by atoms with Gasteiger partial charge in [0.1, 0.15) is 6.33 Å². The minimum absolute atomic E-state index is 0.0182. The summed E-state index contributed by atoms with van der Waals surface area (Å²) < 4.78 is 1.27. The van der Waals surface area contributed by atoms with Crippen molar-refractivity contribution in [1.82, 2.24) is 9.97 Å². The molecule has 2 heterocycles. The molecule has 154 valence electrons. The van der Waals surface area contributed by atoms with Crippen LogP contribution >= 0.6 is 24.0 Å². The average molecular weight is 441 g/mol. The van der Waals surface area contributed by atoms with Crippen LogP contribution in [0, 0.1) is 6.92 Å². The minimum Gasteiger partial charge on any atom is -0.235 e. The van der Waals surface area contributed by atoms with E-state index in [9.17, 15) is 0 Å². The van der Waals surface area contributed by atoms with Gasteiger partial charge in [-0.25, -0.2) is 9.97 Å². The SMILES string of the molecule is Cc1csc2cc(-c3ncnc(-c4cc(C(C)(C)C)c5ccccc5c4)c3S)ccc12. The van der Waals surface area contributed by atoms with Crippen molar-refractivity contribution >= 4 is 44.8 Å². The second kappa shape index (κ2) is 7.47. The number of fused-ring (bicyclic) bond motifs is 2. The molecule has 31 heavy (non-hydrogen) atoms. The third-order valence-corrected chi connectivity index (χ3v) is 7.29. The van der Waals surface area contributed by atoms with Gasteiger partial charge in [-0.05, 0) is 63.2 Å². The maximum Gasteiger partial charge on any atom is 0.116 e. The average Bonchev–Trinajstić information content (AvgIpc) is 3.12. The van der Waals surface area contributed by atoms with Crippen molar-refractivity contribution < 1.29 is 0 Å². The number of aromatic nitrogens is 2. The van der Waals surface area contributed by atoms with E-state index in [0.29, 0.717) is 0 Å². The lowest BCUT2D eigenvalue weighted by molar-refractivity contribution is 0.596. The molecule has 0 spiro atoms. The van der Waals surface area contributed by atoms with Crippen LogP contribution in [0.1, 0.15) is 31.9 Å². The van der Waals surface area contributed by atoms with Gasteiger partial charge in [0.25, 0.3) is 0 Å². The third kappa shape index (κ3) is 3.54. The first-order chi connectivity index (χ1) is 14.8. The van der Waals surface area contributed by atoms with Crippen LogP contribution in [0.3, 0.4) is 0 Å². The number of thiophene rings is 1. The van der Waals surface area contributed by atoms with E-state index in [1.54, 1.807) is 17.7 Å². The fourth-order valence-corrected chi connectivity index (χ4v) is 5.53.